The van der Waals surface area contributed by atoms with Crippen molar-refractivity contribution in [3.05, 3.63) is 58.3 Å². The molecule has 0 saturated heterocycles. The molecule has 3 rings (SSSR count). The first-order chi connectivity index (χ1) is 10.6. The van der Waals surface area contributed by atoms with Crippen LogP contribution in [-0.4, -0.2) is 10.9 Å². The number of aryl methyl sites for hydroxylation is 1. The second-order valence-electron chi connectivity index (χ2n) is 4.81. The minimum absolute atomic E-state index is 0.129. The molecule has 0 aliphatic rings. The number of halogens is 1. The Labute approximate surface area is 136 Å². The molecule has 1 N–H and O–H groups in total. The molecule has 112 valence electrons. The van der Waals surface area contributed by atoms with Gasteiger partial charge in [-0.2, -0.15) is 0 Å². The molecule has 0 spiro atoms. The summed E-state index contributed by atoms with van der Waals surface area (Å²) in [6.45, 7) is 1.92. The summed E-state index contributed by atoms with van der Waals surface area (Å²) in [6, 6.07) is 9.09. The number of thiazole rings is 1. The van der Waals surface area contributed by atoms with Crippen LogP contribution in [0.5, 0.6) is 0 Å². The van der Waals surface area contributed by atoms with Crippen molar-refractivity contribution in [2.24, 2.45) is 0 Å². The monoisotopic (exact) mass is 332 g/mol. The third-order valence-corrected chi connectivity index (χ3v) is 4.39. The largest absolute Gasteiger partial charge is 0.462 e. The number of anilines is 1. The zero-order chi connectivity index (χ0) is 15.5. The summed E-state index contributed by atoms with van der Waals surface area (Å²) in [4.78, 5) is 16.5. The van der Waals surface area contributed by atoms with Crippen molar-refractivity contribution in [1.82, 2.24) is 4.98 Å². The number of carbonyl (C=O) groups is 1. The van der Waals surface area contributed by atoms with Gasteiger partial charge in [-0.3, -0.25) is 4.79 Å². The van der Waals surface area contributed by atoms with E-state index >= 15 is 0 Å². The molecule has 22 heavy (non-hydrogen) atoms. The number of hydrogen-bond acceptors (Lipinski definition) is 4. The number of nitrogens with zero attached hydrogens (tertiary/aromatic N) is 1. The van der Waals surface area contributed by atoms with Crippen LogP contribution in [0.15, 0.2) is 46.4 Å². The molecule has 2 heterocycles. The number of furan rings is 1. The fraction of sp³-hybridized carbons (Fsp3) is 0.125. The Kier molecular flexibility index (Phi) is 4.27. The van der Waals surface area contributed by atoms with Crippen molar-refractivity contribution < 1.29 is 9.21 Å². The van der Waals surface area contributed by atoms with Gasteiger partial charge in [0.15, 0.2) is 10.8 Å². The maximum Gasteiger partial charge on any atom is 0.230 e. The number of benzene rings is 1. The Morgan fingerprint density at radius 2 is 2.27 bits per heavy atom. The molecule has 3 aromatic rings. The predicted molar refractivity (Wildman–Crippen MR) is 88.3 cm³/mol. The molecule has 0 radical (unpaired) electrons. The van der Waals surface area contributed by atoms with Crippen molar-refractivity contribution in [2.45, 2.75) is 13.3 Å². The van der Waals surface area contributed by atoms with E-state index in [0.717, 1.165) is 10.6 Å². The number of hydrogen-bond donors (Lipinski definition) is 1. The van der Waals surface area contributed by atoms with Gasteiger partial charge in [-0.15, -0.1) is 11.3 Å². The van der Waals surface area contributed by atoms with Gasteiger partial charge >= 0.3 is 0 Å². The highest BCUT2D eigenvalue weighted by molar-refractivity contribution is 7.13. The van der Waals surface area contributed by atoms with Gasteiger partial charge in [0, 0.05) is 16.1 Å². The molecule has 0 aliphatic heterocycles. The summed E-state index contributed by atoms with van der Waals surface area (Å²) in [5.41, 5.74) is 2.37. The zero-order valence-corrected chi connectivity index (χ0v) is 13.4. The van der Waals surface area contributed by atoms with Crippen molar-refractivity contribution in [1.29, 1.82) is 0 Å². The van der Waals surface area contributed by atoms with Crippen LogP contribution >= 0.6 is 22.9 Å². The van der Waals surface area contributed by atoms with Gasteiger partial charge in [-0.05, 0) is 36.8 Å². The first kappa shape index (κ1) is 14.8. The van der Waals surface area contributed by atoms with Crippen molar-refractivity contribution >= 4 is 34.5 Å². The Bertz CT molecular complexity index is 796. The zero-order valence-electron chi connectivity index (χ0n) is 11.8. The second-order valence-corrected chi connectivity index (χ2v) is 6.08. The van der Waals surface area contributed by atoms with Crippen LogP contribution in [0.3, 0.4) is 0 Å². The molecule has 2 aromatic heterocycles. The first-order valence-electron chi connectivity index (χ1n) is 6.66. The van der Waals surface area contributed by atoms with Gasteiger partial charge in [0.25, 0.3) is 0 Å². The van der Waals surface area contributed by atoms with E-state index in [4.69, 9.17) is 16.0 Å². The summed E-state index contributed by atoms with van der Waals surface area (Å²) >= 11 is 7.50. The average molecular weight is 333 g/mol. The molecule has 1 aromatic carbocycles. The van der Waals surface area contributed by atoms with Gasteiger partial charge in [0.05, 0.1) is 18.4 Å². The van der Waals surface area contributed by atoms with Gasteiger partial charge in [-0.1, -0.05) is 17.7 Å². The number of amides is 1. The number of aromatic nitrogens is 1. The SMILES string of the molecule is Cc1ccc(NC(=O)Cc2csc(-c3ccco3)n2)cc1Cl. The van der Waals surface area contributed by atoms with E-state index in [0.29, 0.717) is 22.2 Å². The van der Waals surface area contributed by atoms with Crippen LogP contribution in [0.4, 0.5) is 5.69 Å². The van der Waals surface area contributed by atoms with Crippen molar-refractivity contribution in [3.63, 3.8) is 0 Å². The Balaban J connectivity index is 1.65. The van der Waals surface area contributed by atoms with Crippen LogP contribution in [-0.2, 0) is 11.2 Å². The lowest BCUT2D eigenvalue weighted by molar-refractivity contribution is -0.115. The second kappa shape index (κ2) is 6.34. The highest BCUT2D eigenvalue weighted by Crippen LogP contribution is 2.24. The highest BCUT2D eigenvalue weighted by Gasteiger charge is 2.11. The maximum absolute atomic E-state index is 12.1. The Morgan fingerprint density at radius 3 is 3.00 bits per heavy atom. The summed E-state index contributed by atoms with van der Waals surface area (Å²) in [5, 5.41) is 6.08. The van der Waals surface area contributed by atoms with E-state index in [1.54, 1.807) is 12.3 Å². The average Bonchev–Trinajstić information content (AvgIpc) is 3.13. The van der Waals surface area contributed by atoms with Crippen LogP contribution < -0.4 is 5.32 Å². The molecule has 0 bridgehead atoms. The van der Waals surface area contributed by atoms with Crippen LogP contribution in [0.25, 0.3) is 10.8 Å². The molecule has 0 atom stereocenters. The van der Waals surface area contributed by atoms with E-state index in [1.807, 2.05) is 36.6 Å². The summed E-state index contributed by atoms with van der Waals surface area (Å²) in [5.74, 6) is 0.582. The Hall–Kier alpha value is -2.11. The summed E-state index contributed by atoms with van der Waals surface area (Å²) in [6.07, 6.45) is 1.81. The summed E-state index contributed by atoms with van der Waals surface area (Å²) in [7, 11) is 0. The predicted octanol–water partition coefficient (Wildman–Crippen LogP) is 4.55. The maximum atomic E-state index is 12.1. The van der Waals surface area contributed by atoms with Gasteiger partial charge in [0.1, 0.15) is 0 Å². The highest BCUT2D eigenvalue weighted by atomic mass is 35.5. The standard InChI is InChI=1S/C16H13ClN2O2S/c1-10-4-5-11(7-13(10)17)18-15(20)8-12-9-22-16(19-12)14-3-2-6-21-14/h2-7,9H,8H2,1H3,(H,18,20). The molecular formula is C16H13ClN2O2S. The number of rotatable bonds is 4. The van der Waals surface area contributed by atoms with E-state index < -0.39 is 0 Å². The first-order valence-corrected chi connectivity index (χ1v) is 7.92. The minimum atomic E-state index is -0.129. The fourth-order valence-electron chi connectivity index (χ4n) is 1.94. The molecule has 0 saturated carbocycles. The van der Waals surface area contributed by atoms with E-state index in [2.05, 4.69) is 10.3 Å². The third-order valence-electron chi connectivity index (χ3n) is 3.08. The quantitative estimate of drug-likeness (QED) is 0.762. The lowest BCUT2D eigenvalue weighted by Crippen LogP contribution is -2.14. The smallest absolute Gasteiger partial charge is 0.230 e. The molecule has 1 amide bonds. The molecule has 6 heteroatoms. The van der Waals surface area contributed by atoms with Crippen molar-refractivity contribution in [2.75, 3.05) is 5.32 Å². The van der Waals surface area contributed by atoms with E-state index in [-0.39, 0.29) is 12.3 Å². The molecule has 0 unspecified atom stereocenters. The molecule has 0 aliphatic carbocycles. The third kappa shape index (κ3) is 3.37. The van der Waals surface area contributed by atoms with Crippen LogP contribution in [0, 0.1) is 6.92 Å². The lowest BCUT2D eigenvalue weighted by atomic mass is 10.2. The minimum Gasteiger partial charge on any atom is -0.462 e. The normalized spacial score (nSPS) is 10.6. The van der Waals surface area contributed by atoms with Crippen LogP contribution in [0.1, 0.15) is 11.3 Å². The van der Waals surface area contributed by atoms with Crippen LogP contribution in [0.2, 0.25) is 5.02 Å². The fourth-order valence-corrected chi connectivity index (χ4v) is 2.91. The lowest BCUT2D eigenvalue weighted by Gasteiger charge is -2.05. The number of nitrogens with one attached hydrogen (secondary N) is 1. The topological polar surface area (TPSA) is 55.1 Å². The molecular weight excluding hydrogens is 320 g/mol. The molecule has 0 fully saturated rings. The summed E-state index contributed by atoms with van der Waals surface area (Å²) < 4.78 is 5.29. The van der Waals surface area contributed by atoms with Gasteiger partial charge in [0.2, 0.25) is 5.91 Å². The van der Waals surface area contributed by atoms with E-state index in [9.17, 15) is 4.79 Å². The van der Waals surface area contributed by atoms with Crippen molar-refractivity contribution in [3.8, 4) is 10.8 Å². The molecule has 4 nitrogen and oxygen atoms in total. The Morgan fingerprint density at radius 1 is 1.41 bits per heavy atom. The van der Waals surface area contributed by atoms with E-state index in [1.165, 1.54) is 11.3 Å². The van der Waals surface area contributed by atoms with Gasteiger partial charge in [-0.25, -0.2) is 4.98 Å². The van der Waals surface area contributed by atoms with Gasteiger partial charge < -0.3 is 9.73 Å². The number of carbonyl (C=O) groups excluding carboxylic acids is 1.